The highest BCUT2D eigenvalue weighted by Crippen LogP contribution is 2.26. The maximum atomic E-state index is 12.3. The highest BCUT2D eigenvalue weighted by atomic mass is 32.2. The molecule has 1 aliphatic carbocycles. The van der Waals surface area contributed by atoms with Crippen LogP contribution in [0.2, 0.25) is 0 Å². The Morgan fingerprint density at radius 1 is 1.15 bits per heavy atom. The van der Waals surface area contributed by atoms with Gasteiger partial charge in [0.25, 0.3) is 0 Å². The van der Waals surface area contributed by atoms with Crippen LogP contribution in [-0.2, 0) is 32.3 Å². The zero-order valence-corrected chi connectivity index (χ0v) is 15.9. The first kappa shape index (κ1) is 18.9. The zero-order chi connectivity index (χ0) is 18.7. The van der Waals surface area contributed by atoms with Crippen molar-refractivity contribution in [3.8, 4) is 0 Å². The lowest BCUT2D eigenvalue weighted by Gasteiger charge is -2.22. The fourth-order valence-corrected chi connectivity index (χ4v) is 5.45. The van der Waals surface area contributed by atoms with E-state index in [-0.39, 0.29) is 17.5 Å². The van der Waals surface area contributed by atoms with Crippen LogP contribution in [0.5, 0.6) is 0 Å². The van der Waals surface area contributed by atoms with E-state index in [0.717, 1.165) is 18.4 Å². The number of aryl methyl sites for hydroxylation is 2. The van der Waals surface area contributed by atoms with Gasteiger partial charge in [0, 0.05) is 6.04 Å². The van der Waals surface area contributed by atoms with Gasteiger partial charge in [-0.15, -0.1) is 0 Å². The molecule has 1 aromatic rings. The number of sulfone groups is 1. The second kappa shape index (κ2) is 7.78. The molecular formula is C19H26N2O4S. The number of benzene rings is 1. The lowest BCUT2D eigenvalue weighted by molar-refractivity contribution is -0.140. The summed E-state index contributed by atoms with van der Waals surface area (Å²) in [6, 6.07) is 5.60. The van der Waals surface area contributed by atoms with Crippen molar-refractivity contribution in [1.82, 2.24) is 10.6 Å². The third-order valence-corrected chi connectivity index (χ3v) is 7.03. The Bertz CT molecular complexity index is 804. The van der Waals surface area contributed by atoms with Crippen molar-refractivity contribution in [2.24, 2.45) is 0 Å². The standard InChI is InChI=1S/C19H26N2O4S/c1-2-17(15-8-7-13-5-3-4-6-14(13)11-15)21-19(23)18(22)20-16-9-10-26(24,25)12-16/h7-8,11,16-17H,2-6,9-10,12H2,1H3,(H,20,22)(H,21,23). The third kappa shape index (κ3) is 4.44. The van der Waals surface area contributed by atoms with Crippen molar-refractivity contribution >= 4 is 21.7 Å². The molecule has 0 radical (unpaired) electrons. The van der Waals surface area contributed by atoms with E-state index in [0.29, 0.717) is 12.8 Å². The zero-order valence-electron chi connectivity index (χ0n) is 15.1. The van der Waals surface area contributed by atoms with E-state index in [1.54, 1.807) is 0 Å². The van der Waals surface area contributed by atoms with Gasteiger partial charge >= 0.3 is 11.8 Å². The Kier molecular flexibility index (Phi) is 5.65. The SMILES string of the molecule is CCC(NC(=O)C(=O)NC1CCS(=O)(=O)C1)c1ccc2c(c1)CCCC2. The average Bonchev–Trinajstić information content (AvgIpc) is 2.97. The molecule has 6 nitrogen and oxygen atoms in total. The summed E-state index contributed by atoms with van der Waals surface area (Å²) in [7, 11) is -3.09. The molecule has 26 heavy (non-hydrogen) atoms. The maximum absolute atomic E-state index is 12.3. The summed E-state index contributed by atoms with van der Waals surface area (Å²) in [5.74, 6) is -1.50. The Morgan fingerprint density at radius 2 is 1.88 bits per heavy atom. The van der Waals surface area contributed by atoms with Crippen molar-refractivity contribution in [1.29, 1.82) is 0 Å². The van der Waals surface area contributed by atoms with Crippen LogP contribution in [0.25, 0.3) is 0 Å². The van der Waals surface area contributed by atoms with Gasteiger partial charge in [0.15, 0.2) is 9.84 Å². The number of fused-ring (bicyclic) bond motifs is 1. The Hall–Kier alpha value is -1.89. The maximum Gasteiger partial charge on any atom is 0.309 e. The quantitative estimate of drug-likeness (QED) is 0.776. The minimum atomic E-state index is -3.09. The fraction of sp³-hybridized carbons (Fsp3) is 0.579. The van der Waals surface area contributed by atoms with Gasteiger partial charge in [-0.3, -0.25) is 9.59 Å². The molecule has 1 heterocycles. The molecule has 2 atom stereocenters. The number of nitrogens with one attached hydrogen (secondary N) is 2. The molecule has 2 unspecified atom stereocenters. The lowest BCUT2D eigenvalue weighted by Crippen LogP contribution is -2.46. The molecule has 142 valence electrons. The smallest absolute Gasteiger partial charge is 0.309 e. The predicted octanol–water partition coefficient (Wildman–Crippen LogP) is 1.44. The van der Waals surface area contributed by atoms with Crippen LogP contribution >= 0.6 is 0 Å². The first-order valence-electron chi connectivity index (χ1n) is 9.31. The molecule has 2 N–H and O–H groups in total. The van der Waals surface area contributed by atoms with Crippen LogP contribution < -0.4 is 10.6 Å². The summed E-state index contributed by atoms with van der Waals surface area (Å²) in [6.07, 6.45) is 5.61. The fourth-order valence-electron chi connectivity index (χ4n) is 3.77. The van der Waals surface area contributed by atoms with Gasteiger partial charge in [-0.1, -0.05) is 25.1 Å². The van der Waals surface area contributed by atoms with Gasteiger partial charge in [-0.05, 0) is 55.2 Å². The van der Waals surface area contributed by atoms with Crippen molar-refractivity contribution in [2.75, 3.05) is 11.5 Å². The molecular weight excluding hydrogens is 352 g/mol. The molecule has 1 aromatic carbocycles. The third-order valence-electron chi connectivity index (χ3n) is 5.26. The van der Waals surface area contributed by atoms with Crippen LogP contribution in [0.3, 0.4) is 0 Å². The molecule has 2 aliphatic rings. The Balaban J connectivity index is 1.62. The minimum absolute atomic E-state index is 0.0618. The van der Waals surface area contributed by atoms with Gasteiger partial charge in [0.1, 0.15) is 0 Å². The molecule has 1 saturated heterocycles. The topological polar surface area (TPSA) is 92.3 Å². The van der Waals surface area contributed by atoms with Crippen molar-refractivity contribution in [3.05, 3.63) is 34.9 Å². The molecule has 3 rings (SSSR count). The van der Waals surface area contributed by atoms with Crippen molar-refractivity contribution in [3.63, 3.8) is 0 Å². The van der Waals surface area contributed by atoms with E-state index in [2.05, 4.69) is 22.8 Å². The normalized spacial score (nSPS) is 22.3. The number of rotatable bonds is 4. The lowest BCUT2D eigenvalue weighted by atomic mass is 9.89. The van der Waals surface area contributed by atoms with Crippen LogP contribution in [0, 0.1) is 0 Å². The van der Waals surface area contributed by atoms with E-state index in [4.69, 9.17) is 0 Å². The van der Waals surface area contributed by atoms with Gasteiger partial charge in [-0.25, -0.2) is 8.42 Å². The number of hydrogen-bond acceptors (Lipinski definition) is 4. The molecule has 0 aromatic heterocycles. The second-order valence-electron chi connectivity index (χ2n) is 7.24. The molecule has 1 fully saturated rings. The van der Waals surface area contributed by atoms with Crippen molar-refractivity contribution in [2.45, 2.75) is 57.5 Å². The van der Waals surface area contributed by atoms with Crippen LogP contribution in [0.15, 0.2) is 18.2 Å². The van der Waals surface area contributed by atoms with Gasteiger partial charge in [0.05, 0.1) is 17.5 Å². The summed E-state index contributed by atoms with van der Waals surface area (Å²) in [5.41, 5.74) is 3.72. The number of hydrogen-bond donors (Lipinski definition) is 2. The van der Waals surface area contributed by atoms with Crippen molar-refractivity contribution < 1.29 is 18.0 Å². The molecule has 1 aliphatic heterocycles. The predicted molar refractivity (Wildman–Crippen MR) is 99.5 cm³/mol. The van der Waals surface area contributed by atoms with Crippen LogP contribution in [-0.4, -0.2) is 37.8 Å². The average molecular weight is 378 g/mol. The van der Waals surface area contributed by atoms with Gasteiger partial charge < -0.3 is 10.6 Å². The number of carbonyl (C=O) groups is 2. The minimum Gasteiger partial charge on any atom is -0.344 e. The van der Waals surface area contributed by atoms with Gasteiger partial charge in [0.2, 0.25) is 0 Å². The highest BCUT2D eigenvalue weighted by molar-refractivity contribution is 7.91. The first-order valence-corrected chi connectivity index (χ1v) is 11.1. The van der Waals surface area contributed by atoms with Crippen LogP contribution in [0.4, 0.5) is 0 Å². The summed E-state index contributed by atoms with van der Waals surface area (Å²) in [6.45, 7) is 1.96. The van der Waals surface area contributed by atoms with Gasteiger partial charge in [-0.2, -0.15) is 0 Å². The van der Waals surface area contributed by atoms with Crippen LogP contribution in [0.1, 0.15) is 55.3 Å². The summed E-state index contributed by atoms with van der Waals surface area (Å²) >= 11 is 0. The second-order valence-corrected chi connectivity index (χ2v) is 9.47. The monoisotopic (exact) mass is 378 g/mol. The number of carbonyl (C=O) groups excluding carboxylic acids is 2. The number of amides is 2. The van der Waals surface area contributed by atoms with E-state index in [9.17, 15) is 18.0 Å². The van der Waals surface area contributed by atoms with E-state index >= 15 is 0 Å². The molecule has 0 spiro atoms. The molecule has 0 bridgehead atoms. The van der Waals surface area contributed by atoms with E-state index < -0.39 is 27.7 Å². The summed E-state index contributed by atoms with van der Waals surface area (Å²) < 4.78 is 22.9. The summed E-state index contributed by atoms with van der Waals surface area (Å²) in [4.78, 5) is 24.4. The van der Waals surface area contributed by atoms with E-state index in [1.807, 2.05) is 13.0 Å². The molecule has 2 amide bonds. The molecule has 0 saturated carbocycles. The first-order chi connectivity index (χ1) is 12.4. The highest BCUT2D eigenvalue weighted by Gasteiger charge is 2.31. The van der Waals surface area contributed by atoms with E-state index in [1.165, 1.54) is 24.0 Å². The summed E-state index contributed by atoms with van der Waals surface area (Å²) in [5, 5.41) is 5.32. The largest absolute Gasteiger partial charge is 0.344 e. The Morgan fingerprint density at radius 3 is 2.54 bits per heavy atom. The molecule has 7 heteroatoms. The Labute approximate surface area is 154 Å².